The van der Waals surface area contributed by atoms with Gasteiger partial charge in [0.1, 0.15) is 0 Å². The predicted octanol–water partition coefficient (Wildman–Crippen LogP) is 11.1. The summed E-state index contributed by atoms with van der Waals surface area (Å²) in [5.74, 6) is 0.688. The smallest absolute Gasteiger partial charge is 0.160 e. The first kappa shape index (κ1) is 27.8. The van der Waals surface area contributed by atoms with Crippen LogP contribution in [0.25, 0.3) is 89.0 Å². The van der Waals surface area contributed by atoms with Crippen LogP contribution in [-0.4, -0.2) is 19.9 Å². The highest BCUT2D eigenvalue weighted by Gasteiger charge is 2.14. The first-order chi connectivity index (χ1) is 23.8. The van der Waals surface area contributed by atoms with Crippen LogP contribution in [0.3, 0.4) is 0 Å². The lowest BCUT2D eigenvalue weighted by atomic mass is 10.0. The molecular weight excluding hydrogens is 585 g/mol. The zero-order chi connectivity index (χ0) is 31.9. The molecule has 4 nitrogen and oxygen atoms in total. The molecule has 3 heterocycles. The van der Waals surface area contributed by atoms with Gasteiger partial charge in [-0.3, -0.25) is 0 Å². The fourth-order valence-electron chi connectivity index (χ4n) is 6.37. The van der Waals surface area contributed by atoms with E-state index in [-0.39, 0.29) is 0 Å². The first-order valence-corrected chi connectivity index (χ1v) is 16.1. The molecule has 9 aromatic rings. The molecule has 0 unspecified atom stereocenters. The molecule has 0 bridgehead atoms. The van der Waals surface area contributed by atoms with Gasteiger partial charge in [0.15, 0.2) is 5.82 Å². The molecule has 0 radical (unpaired) electrons. The molecule has 6 aromatic carbocycles. The third kappa shape index (κ3) is 5.06. The Balaban J connectivity index is 1.18. The lowest BCUT2D eigenvalue weighted by Gasteiger charge is -2.12. The van der Waals surface area contributed by atoms with Crippen LogP contribution in [0, 0.1) is 0 Å². The second-order valence-corrected chi connectivity index (χ2v) is 11.9. The minimum atomic E-state index is 0.688. The molecule has 0 saturated heterocycles. The van der Waals surface area contributed by atoms with Crippen molar-refractivity contribution in [2.24, 2.45) is 0 Å². The highest BCUT2D eigenvalue weighted by Crippen LogP contribution is 2.34. The topological polar surface area (TPSA) is 51.6 Å². The molecule has 0 fully saturated rings. The summed E-state index contributed by atoms with van der Waals surface area (Å²) >= 11 is 0. The number of pyridine rings is 2. The summed E-state index contributed by atoms with van der Waals surface area (Å²) < 4.78 is 0. The lowest BCUT2D eigenvalue weighted by Crippen LogP contribution is -1.96. The van der Waals surface area contributed by atoms with Crippen molar-refractivity contribution in [3.63, 3.8) is 0 Å². The molecule has 48 heavy (non-hydrogen) atoms. The summed E-state index contributed by atoms with van der Waals surface area (Å²) in [4.78, 5) is 20.5. The van der Waals surface area contributed by atoms with Crippen molar-refractivity contribution >= 4 is 32.7 Å². The number of hydrogen-bond acceptors (Lipinski definition) is 4. The highest BCUT2D eigenvalue weighted by atomic mass is 14.9. The van der Waals surface area contributed by atoms with Gasteiger partial charge in [0.25, 0.3) is 0 Å². The number of aromatic nitrogens is 4. The molecule has 0 atom stereocenters. The van der Waals surface area contributed by atoms with Crippen LogP contribution >= 0.6 is 0 Å². The molecule has 0 spiro atoms. The van der Waals surface area contributed by atoms with Gasteiger partial charge in [-0.05, 0) is 35.4 Å². The Kier molecular flexibility index (Phi) is 6.76. The van der Waals surface area contributed by atoms with E-state index in [2.05, 4.69) is 127 Å². The maximum absolute atomic E-state index is 5.21. The Hall–Kier alpha value is -6.52. The van der Waals surface area contributed by atoms with Gasteiger partial charge in [0, 0.05) is 38.4 Å². The van der Waals surface area contributed by atoms with Crippen molar-refractivity contribution in [3.8, 4) is 56.3 Å². The fourth-order valence-corrected chi connectivity index (χ4v) is 6.37. The Morgan fingerprint density at radius 2 is 0.792 bits per heavy atom. The van der Waals surface area contributed by atoms with Crippen molar-refractivity contribution in [1.82, 2.24) is 19.9 Å². The predicted molar refractivity (Wildman–Crippen MR) is 197 cm³/mol. The maximum atomic E-state index is 5.21. The van der Waals surface area contributed by atoms with Crippen molar-refractivity contribution in [2.45, 2.75) is 0 Å². The Morgan fingerprint density at radius 1 is 0.312 bits per heavy atom. The van der Waals surface area contributed by atoms with Gasteiger partial charge in [0.05, 0.1) is 33.6 Å². The van der Waals surface area contributed by atoms with E-state index in [0.29, 0.717) is 5.82 Å². The summed E-state index contributed by atoms with van der Waals surface area (Å²) in [6.45, 7) is 0. The van der Waals surface area contributed by atoms with Crippen LogP contribution < -0.4 is 0 Å². The second kappa shape index (κ2) is 11.7. The largest absolute Gasteiger partial charge is 0.245 e. The molecule has 0 amide bonds. The Morgan fingerprint density at radius 3 is 1.42 bits per heavy atom. The quantitative estimate of drug-likeness (QED) is 0.181. The Labute approximate surface area is 278 Å². The Bertz CT molecular complexity index is 2580. The second-order valence-electron chi connectivity index (χ2n) is 11.9. The number of hydrogen-bond donors (Lipinski definition) is 0. The van der Waals surface area contributed by atoms with Gasteiger partial charge in [-0.2, -0.15) is 0 Å². The van der Waals surface area contributed by atoms with E-state index in [4.69, 9.17) is 19.9 Å². The summed E-state index contributed by atoms with van der Waals surface area (Å²) in [6, 6.07) is 58.5. The normalized spacial score (nSPS) is 11.3. The molecule has 9 rings (SSSR count). The average molecular weight is 613 g/mol. The van der Waals surface area contributed by atoms with Crippen LogP contribution in [-0.2, 0) is 0 Å². The number of rotatable bonds is 5. The van der Waals surface area contributed by atoms with Gasteiger partial charge >= 0.3 is 0 Å². The molecule has 0 aliphatic carbocycles. The third-order valence-electron chi connectivity index (χ3n) is 8.88. The van der Waals surface area contributed by atoms with Crippen molar-refractivity contribution < 1.29 is 0 Å². The van der Waals surface area contributed by atoms with Gasteiger partial charge in [-0.1, -0.05) is 146 Å². The zero-order valence-electron chi connectivity index (χ0n) is 26.0. The van der Waals surface area contributed by atoms with Crippen LogP contribution in [0.4, 0.5) is 0 Å². The summed E-state index contributed by atoms with van der Waals surface area (Å²) in [5.41, 5.74) is 11.8. The summed E-state index contributed by atoms with van der Waals surface area (Å²) in [5, 5.41) is 3.11. The minimum absolute atomic E-state index is 0.688. The first-order valence-electron chi connectivity index (χ1n) is 16.1. The van der Waals surface area contributed by atoms with Crippen LogP contribution in [0.15, 0.2) is 170 Å². The standard InChI is InChI=1S/C44H28N4/c1-4-10-29(11-5-1)30-16-20-35(21-17-30)44-47-40-28-36(22-25-37(40)41(48-44)32-14-8-3-9-15-32)39-27-24-34-19-18-33-23-26-38(31-12-6-2-7-13-31)45-42(33)43(34)46-39/h1-28H. The van der Waals surface area contributed by atoms with Crippen molar-refractivity contribution in [3.05, 3.63) is 170 Å². The molecule has 0 aliphatic rings. The van der Waals surface area contributed by atoms with Crippen molar-refractivity contribution in [1.29, 1.82) is 0 Å². The lowest BCUT2D eigenvalue weighted by molar-refractivity contribution is 1.23. The highest BCUT2D eigenvalue weighted by molar-refractivity contribution is 6.04. The number of benzene rings is 6. The van der Waals surface area contributed by atoms with E-state index >= 15 is 0 Å². The fraction of sp³-hybridized carbons (Fsp3) is 0. The van der Waals surface area contributed by atoms with Gasteiger partial charge in [-0.15, -0.1) is 0 Å². The van der Waals surface area contributed by atoms with Crippen LogP contribution in [0.5, 0.6) is 0 Å². The van der Waals surface area contributed by atoms with Crippen LogP contribution in [0.1, 0.15) is 0 Å². The minimum Gasteiger partial charge on any atom is -0.245 e. The van der Waals surface area contributed by atoms with Gasteiger partial charge < -0.3 is 0 Å². The molecule has 4 heteroatoms. The average Bonchev–Trinajstić information content (AvgIpc) is 3.18. The molecule has 0 saturated carbocycles. The summed E-state index contributed by atoms with van der Waals surface area (Å²) in [7, 11) is 0. The molecule has 0 N–H and O–H groups in total. The number of nitrogens with zero attached hydrogens (tertiary/aromatic N) is 4. The van der Waals surface area contributed by atoms with Gasteiger partial charge in [-0.25, -0.2) is 19.9 Å². The van der Waals surface area contributed by atoms with E-state index in [9.17, 15) is 0 Å². The third-order valence-corrected chi connectivity index (χ3v) is 8.88. The van der Waals surface area contributed by atoms with E-state index in [1.807, 2.05) is 42.5 Å². The molecule has 224 valence electrons. The molecule has 0 aliphatic heterocycles. The maximum Gasteiger partial charge on any atom is 0.160 e. The summed E-state index contributed by atoms with van der Waals surface area (Å²) in [6.07, 6.45) is 0. The van der Waals surface area contributed by atoms with Crippen LogP contribution in [0.2, 0.25) is 0 Å². The van der Waals surface area contributed by atoms with E-state index in [0.717, 1.165) is 77.6 Å². The van der Waals surface area contributed by atoms with E-state index in [1.54, 1.807) is 0 Å². The van der Waals surface area contributed by atoms with E-state index in [1.165, 1.54) is 5.56 Å². The number of fused-ring (bicyclic) bond motifs is 4. The SMILES string of the molecule is c1ccc(-c2ccc(-c3nc(-c4ccccc4)c4ccc(-c5ccc6ccc7ccc(-c8ccccc8)nc7c6n5)cc4n3)cc2)cc1. The zero-order valence-corrected chi connectivity index (χ0v) is 26.0. The van der Waals surface area contributed by atoms with Gasteiger partial charge in [0.2, 0.25) is 0 Å². The molecule has 3 aromatic heterocycles. The van der Waals surface area contributed by atoms with Crippen molar-refractivity contribution in [2.75, 3.05) is 0 Å². The van der Waals surface area contributed by atoms with E-state index < -0.39 is 0 Å². The monoisotopic (exact) mass is 612 g/mol. The molecular formula is C44H28N4.